The number of esters is 1. The smallest absolute Gasteiger partial charge is 0.322 e. The van der Waals surface area contributed by atoms with Crippen LogP contribution in [-0.2, 0) is 14.3 Å². The van der Waals surface area contributed by atoms with Gasteiger partial charge in [0, 0.05) is 12.8 Å². The maximum atomic E-state index is 10.8. The molecule has 0 aliphatic rings. The van der Waals surface area contributed by atoms with Gasteiger partial charge >= 0.3 is 5.97 Å². The highest BCUT2D eigenvalue weighted by molar-refractivity contribution is 5.80. The minimum absolute atomic E-state index is 0.120. The lowest BCUT2D eigenvalue weighted by molar-refractivity contribution is -0.142. The van der Waals surface area contributed by atoms with E-state index in [0.717, 1.165) is 0 Å². The zero-order valence-corrected chi connectivity index (χ0v) is 7.50. The summed E-state index contributed by atoms with van der Waals surface area (Å²) in [6.07, 6.45) is 1.22. The third-order valence-electron chi connectivity index (χ3n) is 1.63. The first kappa shape index (κ1) is 11.1. The molecule has 2 N–H and O–H groups in total. The van der Waals surface area contributed by atoms with Crippen molar-refractivity contribution in [3.8, 4) is 0 Å². The van der Waals surface area contributed by atoms with E-state index in [1.54, 1.807) is 6.92 Å². The Morgan fingerprint density at radius 2 is 2.08 bits per heavy atom. The van der Waals surface area contributed by atoms with Crippen molar-refractivity contribution in [2.75, 3.05) is 7.11 Å². The van der Waals surface area contributed by atoms with Crippen LogP contribution in [0.15, 0.2) is 0 Å². The molecule has 4 nitrogen and oxygen atoms in total. The Kier molecular flexibility index (Phi) is 5.28. The topological polar surface area (TPSA) is 69.4 Å². The predicted octanol–water partition coefficient (Wildman–Crippen LogP) is 0.246. The van der Waals surface area contributed by atoms with Crippen molar-refractivity contribution < 1.29 is 14.3 Å². The van der Waals surface area contributed by atoms with E-state index in [9.17, 15) is 9.59 Å². The number of methoxy groups -OCH3 is 1. The second-order valence-electron chi connectivity index (χ2n) is 2.56. The van der Waals surface area contributed by atoms with Crippen LogP contribution in [-0.4, -0.2) is 24.9 Å². The number of carbonyl (C=O) groups is 2. The van der Waals surface area contributed by atoms with E-state index in [0.29, 0.717) is 19.3 Å². The molecule has 0 spiro atoms. The van der Waals surface area contributed by atoms with Gasteiger partial charge in [-0.15, -0.1) is 0 Å². The number of ether oxygens (including phenoxy) is 1. The molecule has 0 aliphatic heterocycles. The molecule has 1 atom stereocenters. The number of ketones is 1. The molecule has 70 valence electrons. The summed E-state index contributed by atoms with van der Waals surface area (Å²) in [5, 5.41) is 0. The Bertz CT molecular complexity index is 168. The molecule has 1 unspecified atom stereocenters. The fourth-order valence-electron chi connectivity index (χ4n) is 0.762. The first-order chi connectivity index (χ1) is 5.61. The summed E-state index contributed by atoms with van der Waals surface area (Å²) < 4.78 is 4.40. The number of hydrogen-bond acceptors (Lipinski definition) is 4. The Labute approximate surface area is 72.1 Å². The standard InChI is InChI=1S/C8H15NO3/c1-3-6(10)4-5-7(9)8(11)12-2/h7H,3-5,9H2,1-2H3. The van der Waals surface area contributed by atoms with E-state index >= 15 is 0 Å². The van der Waals surface area contributed by atoms with Crippen molar-refractivity contribution in [2.24, 2.45) is 5.73 Å². The SMILES string of the molecule is CCC(=O)CCC(N)C(=O)OC. The van der Waals surface area contributed by atoms with E-state index < -0.39 is 12.0 Å². The molecular weight excluding hydrogens is 158 g/mol. The summed E-state index contributed by atoms with van der Waals surface area (Å²) in [5.41, 5.74) is 5.40. The van der Waals surface area contributed by atoms with Gasteiger partial charge in [0.2, 0.25) is 0 Å². The zero-order chi connectivity index (χ0) is 9.56. The average Bonchev–Trinajstić information content (AvgIpc) is 2.11. The van der Waals surface area contributed by atoms with Crippen molar-refractivity contribution in [2.45, 2.75) is 32.2 Å². The van der Waals surface area contributed by atoms with Crippen LogP contribution in [0.4, 0.5) is 0 Å². The lowest BCUT2D eigenvalue weighted by atomic mass is 10.1. The predicted molar refractivity (Wildman–Crippen MR) is 44.5 cm³/mol. The summed E-state index contributed by atoms with van der Waals surface area (Å²) in [4.78, 5) is 21.6. The van der Waals surface area contributed by atoms with Crippen LogP contribution in [0.1, 0.15) is 26.2 Å². The van der Waals surface area contributed by atoms with Crippen LogP contribution in [0.25, 0.3) is 0 Å². The molecule has 0 aromatic rings. The molecule has 0 rings (SSSR count). The molecule has 12 heavy (non-hydrogen) atoms. The largest absolute Gasteiger partial charge is 0.468 e. The highest BCUT2D eigenvalue weighted by Gasteiger charge is 2.14. The van der Waals surface area contributed by atoms with E-state index in [-0.39, 0.29) is 5.78 Å². The van der Waals surface area contributed by atoms with Crippen molar-refractivity contribution in [3.63, 3.8) is 0 Å². The molecule has 0 aromatic heterocycles. The number of nitrogens with two attached hydrogens (primary N) is 1. The first-order valence-corrected chi connectivity index (χ1v) is 3.97. The highest BCUT2D eigenvalue weighted by atomic mass is 16.5. The summed E-state index contributed by atoms with van der Waals surface area (Å²) >= 11 is 0. The number of Topliss-reactive ketones (excluding diaryl/α,β-unsaturated/α-hetero) is 1. The highest BCUT2D eigenvalue weighted by Crippen LogP contribution is 1.99. The van der Waals surface area contributed by atoms with Gasteiger partial charge in [-0.3, -0.25) is 9.59 Å². The van der Waals surface area contributed by atoms with E-state index in [2.05, 4.69) is 4.74 Å². The van der Waals surface area contributed by atoms with Gasteiger partial charge < -0.3 is 10.5 Å². The molecule has 4 heteroatoms. The van der Waals surface area contributed by atoms with Crippen LogP contribution < -0.4 is 5.73 Å². The lowest BCUT2D eigenvalue weighted by Crippen LogP contribution is -2.31. The molecule has 0 aromatic carbocycles. The van der Waals surface area contributed by atoms with E-state index in [1.807, 2.05) is 0 Å². The van der Waals surface area contributed by atoms with Crippen LogP contribution in [0.5, 0.6) is 0 Å². The first-order valence-electron chi connectivity index (χ1n) is 3.97. The summed E-state index contributed by atoms with van der Waals surface area (Å²) in [7, 11) is 1.28. The molecule has 0 saturated carbocycles. The van der Waals surface area contributed by atoms with Gasteiger partial charge in [0.1, 0.15) is 11.8 Å². The molecule has 0 fully saturated rings. The number of carbonyl (C=O) groups excluding carboxylic acids is 2. The molecule has 0 radical (unpaired) electrons. The number of hydrogen-bond donors (Lipinski definition) is 1. The maximum Gasteiger partial charge on any atom is 0.322 e. The fraction of sp³-hybridized carbons (Fsp3) is 0.750. The minimum Gasteiger partial charge on any atom is -0.468 e. The van der Waals surface area contributed by atoms with Crippen molar-refractivity contribution in [1.82, 2.24) is 0 Å². The van der Waals surface area contributed by atoms with Crippen molar-refractivity contribution in [3.05, 3.63) is 0 Å². The van der Waals surface area contributed by atoms with Crippen LogP contribution in [0, 0.1) is 0 Å². The van der Waals surface area contributed by atoms with Gasteiger partial charge in [-0.2, -0.15) is 0 Å². The molecule has 0 aliphatic carbocycles. The summed E-state index contributed by atoms with van der Waals surface area (Å²) in [6.45, 7) is 1.78. The zero-order valence-electron chi connectivity index (χ0n) is 7.50. The van der Waals surface area contributed by atoms with Gasteiger partial charge in [0.25, 0.3) is 0 Å². The Balaban J connectivity index is 3.63. The van der Waals surface area contributed by atoms with Gasteiger partial charge in [-0.05, 0) is 6.42 Å². The molecular formula is C8H15NO3. The van der Waals surface area contributed by atoms with Crippen molar-refractivity contribution >= 4 is 11.8 Å². The lowest BCUT2D eigenvalue weighted by Gasteiger charge is -2.07. The Hall–Kier alpha value is -0.900. The third-order valence-corrected chi connectivity index (χ3v) is 1.63. The summed E-state index contributed by atoms with van der Waals surface area (Å²) in [5.74, 6) is -0.340. The van der Waals surface area contributed by atoms with Crippen LogP contribution >= 0.6 is 0 Å². The van der Waals surface area contributed by atoms with Gasteiger partial charge in [-0.25, -0.2) is 0 Å². The second kappa shape index (κ2) is 5.71. The van der Waals surface area contributed by atoms with Crippen LogP contribution in [0.2, 0.25) is 0 Å². The minimum atomic E-state index is -0.662. The third kappa shape index (κ3) is 4.08. The maximum absolute atomic E-state index is 10.8. The molecule has 0 saturated heterocycles. The normalized spacial score (nSPS) is 12.2. The molecule has 0 heterocycles. The monoisotopic (exact) mass is 173 g/mol. The van der Waals surface area contributed by atoms with Gasteiger partial charge in [-0.1, -0.05) is 6.92 Å². The van der Waals surface area contributed by atoms with Crippen molar-refractivity contribution in [1.29, 1.82) is 0 Å². The second-order valence-corrected chi connectivity index (χ2v) is 2.56. The van der Waals surface area contributed by atoms with E-state index in [4.69, 9.17) is 5.73 Å². The van der Waals surface area contributed by atoms with E-state index in [1.165, 1.54) is 7.11 Å². The molecule has 0 bridgehead atoms. The average molecular weight is 173 g/mol. The quantitative estimate of drug-likeness (QED) is 0.605. The van der Waals surface area contributed by atoms with Gasteiger partial charge in [0.15, 0.2) is 0 Å². The Morgan fingerprint density at radius 1 is 1.50 bits per heavy atom. The summed E-state index contributed by atoms with van der Waals surface area (Å²) in [6, 6.07) is -0.662. The molecule has 0 amide bonds. The fourth-order valence-corrected chi connectivity index (χ4v) is 0.762. The van der Waals surface area contributed by atoms with Gasteiger partial charge in [0.05, 0.1) is 7.11 Å². The number of rotatable bonds is 5. The Morgan fingerprint density at radius 3 is 2.50 bits per heavy atom. The van der Waals surface area contributed by atoms with Crippen LogP contribution in [0.3, 0.4) is 0 Å².